The van der Waals surface area contributed by atoms with Crippen molar-refractivity contribution in [2.24, 2.45) is 5.92 Å². The second-order valence-electron chi connectivity index (χ2n) is 5.47. The number of benzene rings is 1. The summed E-state index contributed by atoms with van der Waals surface area (Å²) in [5.74, 6) is -1.52. The fourth-order valence-electron chi connectivity index (χ4n) is 2.58. The van der Waals surface area contributed by atoms with Gasteiger partial charge in [-0.3, -0.25) is 19.0 Å². The average molecular weight is 301 g/mol. The van der Waals surface area contributed by atoms with Crippen LogP contribution in [0.4, 0.5) is 0 Å². The van der Waals surface area contributed by atoms with E-state index in [-0.39, 0.29) is 30.0 Å². The first kappa shape index (κ1) is 14.2. The Morgan fingerprint density at radius 3 is 2.77 bits per heavy atom. The Hall–Kier alpha value is -2.70. The number of aliphatic carboxylic acids is 1. The van der Waals surface area contributed by atoms with Crippen LogP contribution in [0.2, 0.25) is 0 Å². The van der Waals surface area contributed by atoms with Crippen molar-refractivity contribution in [1.82, 2.24) is 14.9 Å². The SMILES string of the molecule is O=C(Cn1cnc2ccccc2c1=O)NC1CC(C(=O)O)C1. The van der Waals surface area contributed by atoms with Crippen LogP contribution >= 0.6 is 0 Å². The fraction of sp³-hybridized carbons (Fsp3) is 0.333. The van der Waals surface area contributed by atoms with E-state index in [1.54, 1.807) is 24.3 Å². The first-order valence-electron chi connectivity index (χ1n) is 7.01. The summed E-state index contributed by atoms with van der Waals surface area (Å²) in [6, 6.07) is 6.82. The maximum Gasteiger partial charge on any atom is 0.306 e. The minimum Gasteiger partial charge on any atom is -0.481 e. The largest absolute Gasteiger partial charge is 0.481 e. The topological polar surface area (TPSA) is 101 Å². The van der Waals surface area contributed by atoms with Gasteiger partial charge in [-0.15, -0.1) is 0 Å². The lowest BCUT2D eigenvalue weighted by Gasteiger charge is -2.32. The number of nitrogens with zero attached hydrogens (tertiary/aromatic N) is 2. The number of amides is 1. The van der Waals surface area contributed by atoms with E-state index in [1.165, 1.54) is 10.9 Å². The number of hydrogen-bond donors (Lipinski definition) is 2. The fourth-order valence-corrected chi connectivity index (χ4v) is 2.58. The quantitative estimate of drug-likeness (QED) is 0.850. The Bertz CT molecular complexity index is 793. The van der Waals surface area contributed by atoms with Crippen molar-refractivity contribution >= 4 is 22.8 Å². The second kappa shape index (κ2) is 5.59. The molecule has 0 spiro atoms. The van der Waals surface area contributed by atoms with Crippen molar-refractivity contribution in [3.63, 3.8) is 0 Å². The number of carbonyl (C=O) groups excluding carboxylic acids is 1. The molecular weight excluding hydrogens is 286 g/mol. The molecule has 1 heterocycles. The van der Waals surface area contributed by atoms with Gasteiger partial charge in [-0.05, 0) is 25.0 Å². The summed E-state index contributed by atoms with van der Waals surface area (Å²) in [7, 11) is 0. The Morgan fingerprint density at radius 1 is 1.32 bits per heavy atom. The summed E-state index contributed by atoms with van der Waals surface area (Å²) < 4.78 is 1.25. The van der Waals surface area contributed by atoms with Crippen molar-refractivity contribution in [3.8, 4) is 0 Å². The highest BCUT2D eigenvalue weighted by atomic mass is 16.4. The molecule has 0 atom stereocenters. The number of para-hydroxylation sites is 1. The monoisotopic (exact) mass is 301 g/mol. The van der Waals surface area contributed by atoms with E-state index in [0.717, 1.165) is 0 Å². The summed E-state index contributed by atoms with van der Waals surface area (Å²) in [5.41, 5.74) is 0.324. The minimum atomic E-state index is -0.833. The molecule has 7 nitrogen and oxygen atoms in total. The molecule has 0 bridgehead atoms. The Kier molecular flexibility index (Phi) is 3.62. The molecule has 22 heavy (non-hydrogen) atoms. The van der Waals surface area contributed by atoms with Gasteiger partial charge < -0.3 is 10.4 Å². The molecule has 0 unspecified atom stereocenters. The normalized spacial score (nSPS) is 20.4. The molecule has 7 heteroatoms. The second-order valence-corrected chi connectivity index (χ2v) is 5.47. The lowest BCUT2D eigenvalue weighted by molar-refractivity contribution is -0.146. The van der Waals surface area contributed by atoms with Gasteiger partial charge in [0.2, 0.25) is 5.91 Å². The van der Waals surface area contributed by atoms with Crippen LogP contribution in [0.15, 0.2) is 35.4 Å². The molecule has 0 aliphatic heterocycles. The van der Waals surface area contributed by atoms with Crippen LogP contribution in [0.1, 0.15) is 12.8 Å². The molecule has 1 fully saturated rings. The number of carbonyl (C=O) groups is 2. The third kappa shape index (κ3) is 2.69. The van der Waals surface area contributed by atoms with Crippen LogP contribution in [-0.2, 0) is 16.1 Å². The van der Waals surface area contributed by atoms with E-state index < -0.39 is 5.97 Å². The highest BCUT2D eigenvalue weighted by Crippen LogP contribution is 2.27. The standard InChI is InChI=1S/C15H15N3O4/c19-13(17-10-5-9(6-10)15(21)22)7-18-8-16-12-4-2-1-3-11(12)14(18)20/h1-4,8-10H,5-7H2,(H,17,19)(H,21,22). The van der Waals surface area contributed by atoms with E-state index in [0.29, 0.717) is 23.7 Å². The van der Waals surface area contributed by atoms with E-state index in [9.17, 15) is 14.4 Å². The molecule has 1 aliphatic rings. The lowest BCUT2D eigenvalue weighted by atomic mass is 9.80. The lowest BCUT2D eigenvalue weighted by Crippen LogP contribution is -2.48. The summed E-state index contributed by atoms with van der Waals surface area (Å²) >= 11 is 0. The van der Waals surface area contributed by atoms with E-state index in [4.69, 9.17) is 5.11 Å². The summed E-state index contributed by atoms with van der Waals surface area (Å²) in [6.07, 6.45) is 2.23. The maximum absolute atomic E-state index is 12.2. The Balaban J connectivity index is 1.66. The van der Waals surface area contributed by atoms with E-state index in [1.807, 2.05) is 0 Å². The van der Waals surface area contributed by atoms with Crippen LogP contribution < -0.4 is 10.9 Å². The van der Waals surface area contributed by atoms with Gasteiger partial charge in [0.25, 0.3) is 5.56 Å². The van der Waals surface area contributed by atoms with Crippen molar-refractivity contribution in [3.05, 3.63) is 40.9 Å². The van der Waals surface area contributed by atoms with Crippen LogP contribution in [0, 0.1) is 5.92 Å². The van der Waals surface area contributed by atoms with Gasteiger partial charge in [-0.1, -0.05) is 12.1 Å². The zero-order valence-electron chi connectivity index (χ0n) is 11.7. The molecule has 114 valence electrons. The first-order chi connectivity index (χ1) is 10.5. The van der Waals surface area contributed by atoms with Crippen molar-refractivity contribution in [1.29, 1.82) is 0 Å². The molecule has 1 aliphatic carbocycles. The highest BCUT2D eigenvalue weighted by molar-refractivity contribution is 5.79. The molecule has 1 saturated carbocycles. The number of nitrogens with one attached hydrogen (secondary N) is 1. The van der Waals surface area contributed by atoms with Gasteiger partial charge in [0.1, 0.15) is 6.54 Å². The smallest absolute Gasteiger partial charge is 0.306 e. The van der Waals surface area contributed by atoms with Crippen molar-refractivity contribution in [2.45, 2.75) is 25.4 Å². The summed E-state index contributed by atoms with van der Waals surface area (Å²) in [5, 5.41) is 12.0. The molecule has 1 aromatic carbocycles. The van der Waals surface area contributed by atoms with Gasteiger partial charge in [0, 0.05) is 6.04 Å². The first-order valence-corrected chi connectivity index (χ1v) is 7.01. The van der Waals surface area contributed by atoms with Gasteiger partial charge in [-0.25, -0.2) is 4.98 Å². The molecule has 0 saturated heterocycles. The molecule has 2 aromatic rings. The van der Waals surface area contributed by atoms with Crippen LogP contribution in [0.25, 0.3) is 10.9 Å². The molecule has 1 aromatic heterocycles. The van der Waals surface area contributed by atoms with E-state index in [2.05, 4.69) is 10.3 Å². The molecule has 0 radical (unpaired) electrons. The average Bonchev–Trinajstić information content (AvgIpc) is 2.45. The number of aromatic nitrogens is 2. The Labute approximate surface area is 125 Å². The Morgan fingerprint density at radius 2 is 2.05 bits per heavy atom. The number of fused-ring (bicyclic) bond motifs is 1. The number of carboxylic acid groups (broad SMARTS) is 1. The molecule has 3 rings (SSSR count). The third-order valence-corrected chi connectivity index (χ3v) is 3.90. The number of hydrogen-bond acceptors (Lipinski definition) is 4. The van der Waals surface area contributed by atoms with Crippen molar-refractivity contribution in [2.75, 3.05) is 0 Å². The van der Waals surface area contributed by atoms with Crippen molar-refractivity contribution < 1.29 is 14.7 Å². The summed E-state index contributed by atoms with van der Waals surface area (Å²) in [6.45, 7) is -0.120. The van der Waals surface area contributed by atoms with Crippen LogP contribution in [0.5, 0.6) is 0 Å². The zero-order valence-corrected chi connectivity index (χ0v) is 11.7. The molecule has 2 N–H and O–H groups in total. The molecule has 1 amide bonds. The third-order valence-electron chi connectivity index (χ3n) is 3.90. The number of rotatable bonds is 4. The van der Waals surface area contributed by atoms with Crippen LogP contribution in [0.3, 0.4) is 0 Å². The number of carboxylic acids is 1. The van der Waals surface area contributed by atoms with E-state index >= 15 is 0 Å². The van der Waals surface area contributed by atoms with Crippen LogP contribution in [-0.4, -0.2) is 32.6 Å². The van der Waals surface area contributed by atoms with Gasteiger partial charge in [0.05, 0.1) is 23.1 Å². The van der Waals surface area contributed by atoms with Gasteiger partial charge in [0.15, 0.2) is 0 Å². The summed E-state index contributed by atoms with van der Waals surface area (Å²) in [4.78, 5) is 39.0. The predicted octanol–water partition coefficient (Wildman–Crippen LogP) is 0.376. The minimum absolute atomic E-state index is 0.120. The predicted molar refractivity (Wildman–Crippen MR) is 78.3 cm³/mol. The highest BCUT2D eigenvalue weighted by Gasteiger charge is 2.35. The zero-order chi connectivity index (χ0) is 15.7. The van der Waals surface area contributed by atoms with Gasteiger partial charge in [-0.2, -0.15) is 0 Å². The molecular formula is C15H15N3O4. The maximum atomic E-state index is 12.2. The van der Waals surface area contributed by atoms with Gasteiger partial charge >= 0.3 is 5.97 Å².